The van der Waals surface area contributed by atoms with Gasteiger partial charge in [-0.2, -0.15) is 0 Å². The fraction of sp³-hybridized carbons (Fsp3) is 0.190. The van der Waals surface area contributed by atoms with Gasteiger partial charge in [-0.05, 0) is 65.9 Å². The van der Waals surface area contributed by atoms with Gasteiger partial charge in [-0.25, -0.2) is 4.39 Å². The maximum Gasteiger partial charge on any atom is 0.258 e. The Morgan fingerprint density at radius 2 is 2.07 bits per heavy atom. The van der Waals surface area contributed by atoms with Gasteiger partial charge in [0, 0.05) is 35.5 Å². The van der Waals surface area contributed by atoms with E-state index in [9.17, 15) is 9.18 Å². The summed E-state index contributed by atoms with van der Waals surface area (Å²) in [4.78, 5) is 14.5. The summed E-state index contributed by atoms with van der Waals surface area (Å²) in [5.74, 6) is 0.630. The van der Waals surface area contributed by atoms with Gasteiger partial charge in [-0.3, -0.25) is 4.79 Å². The van der Waals surface area contributed by atoms with Gasteiger partial charge in [0.2, 0.25) is 0 Å². The minimum absolute atomic E-state index is 0.273. The Labute approximate surface area is 182 Å². The number of ether oxygens (including phenoxy) is 1. The van der Waals surface area contributed by atoms with Gasteiger partial charge in [-0.1, -0.05) is 6.07 Å². The maximum atomic E-state index is 14.4. The second kappa shape index (κ2) is 8.73. The highest BCUT2D eigenvalue weighted by Gasteiger charge is 2.28. The third-order valence-electron chi connectivity index (χ3n) is 4.60. The molecule has 0 unspecified atom stereocenters. The van der Waals surface area contributed by atoms with Gasteiger partial charge >= 0.3 is 0 Å². The fourth-order valence-electron chi connectivity index (χ4n) is 2.89. The molecule has 0 aliphatic carbocycles. The highest BCUT2D eigenvalue weighted by molar-refractivity contribution is 14.1. The molecule has 1 aliphatic rings. The lowest BCUT2D eigenvalue weighted by molar-refractivity contribution is -0.117. The number of likely N-dealkylation sites (N-methyl/N-ethyl adjacent to an activating group) is 2. The van der Waals surface area contributed by atoms with Crippen molar-refractivity contribution in [3.8, 4) is 5.75 Å². The Hall–Kier alpha value is -2.75. The standard InChI is InChI=1S/C21H22FIN4O2/c1-12-15(24)5-4-6-17(12)29-18-9-10-27(3)20(19(18)21(28)25-2)26-16-8-7-13(23)11-14(16)22/h4-9,11,26H,10,24H2,1-3H3,(H,25,28). The van der Waals surface area contributed by atoms with Gasteiger partial charge < -0.3 is 26.0 Å². The van der Waals surface area contributed by atoms with Crippen molar-refractivity contribution in [1.82, 2.24) is 10.2 Å². The molecular formula is C21H22FIN4O2. The Balaban J connectivity index is 2.04. The molecule has 8 heteroatoms. The number of nitrogen functional groups attached to an aromatic ring is 1. The summed E-state index contributed by atoms with van der Waals surface area (Å²) in [6.45, 7) is 2.33. The second-order valence-corrected chi connectivity index (χ2v) is 7.82. The number of nitrogens with one attached hydrogen (secondary N) is 2. The molecule has 4 N–H and O–H groups in total. The summed E-state index contributed by atoms with van der Waals surface area (Å²) >= 11 is 2.05. The van der Waals surface area contributed by atoms with E-state index in [0.717, 1.165) is 9.13 Å². The first-order valence-corrected chi connectivity index (χ1v) is 10.0. The van der Waals surface area contributed by atoms with E-state index >= 15 is 0 Å². The number of carbonyl (C=O) groups excluding carboxylic acids is 1. The van der Waals surface area contributed by atoms with Crippen LogP contribution in [0.5, 0.6) is 5.75 Å². The Morgan fingerprint density at radius 3 is 2.76 bits per heavy atom. The van der Waals surface area contributed by atoms with Crippen LogP contribution in [0, 0.1) is 16.3 Å². The lowest BCUT2D eigenvalue weighted by atomic mass is 10.1. The Bertz CT molecular complexity index is 1020. The van der Waals surface area contributed by atoms with Crippen LogP contribution in [0.2, 0.25) is 0 Å². The number of nitrogens with zero attached hydrogens (tertiary/aromatic N) is 1. The second-order valence-electron chi connectivity index (χ2n) is 6.57. The van der Waals surface area contributed by atoms with Crippen molar-refractivity contribution in [2.75, 3.05) is 31.7 Å². The van der Waals surface area contributed by atoms with Crippen molar-refractivity contribution in [3.63, 3.8) is 0 Å². The number of benzene rings is 2. The molecule has 0 saturated heterocycles. The molecule has 0 bridgehead atoms. The van der Waals surface area contributed by atoms with Crippen LogP contribution in [0.1, 0.15) is 5.56 Å². The number of halogens is 2. The predicted molar refractivity (Wildman–Crippen MR) is 121 cm³/mol. The molecule has 0 fully saturated rings. The quantitative estimate of drug-likeness (QED) is 0.425. The normalized spacial score (nSPS) is 13.8. The molecule has 1 amide bonds. The number of carbonyl (C=O) groups is 1. The fourth-order valence-corrected chi connectivity index (χ4v) is 3.35. The van der Waals surface area contributed by atoms with Crippen LogP contribution in [-0.2, 0) is 4.79 Å². The number of anilines is 2. The molecule has 1 heterocycles. The summed E-state index contributed by atoms with van der Waals surface area (Å²) in [6, 6.07) is 10.2. The molecule has 6 nitrogen and oxygen atoms in total. The molecular weight excluding hydrogens is 486 g/mol. The van der Waals surface area contributed by atoms with Gasteiger partial charge in [0.15, 0.2) is 0 Å². The third kappa shape index (κ3) is 4.47. The molecule has 152 valence electrons. The summed E-state index contributed by atoms with van der Waals surface area (Å²) < 4.78 is 21.3. The van der Waals surface area contributed by atoms with Crippen LogP contribution in [0.3, 0.4) is 0 Å². The zero-order valence-electron chi connectivity index (χ0n) is 16.3. The van der Waals surface area contributed by atoms with E-state index in [2.05, 4.69) is 10.6 Å². The molecule has 0 aromatic heterocycles. The summed E-state index contributed by atoms with van der Waals surface area (Å²) in [5.41, 5.74) is 7.90. The van der Waals surface area contributed by atoms with Crippen LogP contribution in [-0.4, -0.2) is 31.4 Å². The van der Waals surface area contributed by atoms with E-state index in [0.29, 0.717) is 29.6 Å². The van der Waals surface area contributed by atoms with E-state index < -0.39 is 5.82 Å². The first-order valence-electron chi connectivity index (χ1n) is 8.95. The summed E-state index contributed by atoms with van der Waals surface area (Å²) in [7, 11) is 3.35. The van der Waals surface area contributed by atoms with Crippen molar-refractivity contribution >= 4 is 39.9 Å². The highest BCUT2D eigenvalue weighted by atomic mass is 127. The van der Waals surface area contributed by atoms with Crippen LogP contribution >= 0.6 is 22.6 Å². The molecule has 2 aromatic carbocycles. The van der Waals surface area contributed by atoms with Crippen molar-refractivity contribution < 1.29 is 13.9 Å². The van der Waals surface area contributed by atoms with Crippen molar-refractivity contribution in [2.45, 2.75) is 6.92 Å². The lowest BCUT2D eigenvalue weighted by Crippen LogP contribution is -2.35. The van der Waals surface area contributed by atoms with Crippen LogP contribution in [0.4, 0.5) is 15.8 Å². The molecule has 29 heavy (non-hydrogen) atoms. The zero-order valence-corrected chi connectivity index (χ0v) is 18.5. The molecule has 1 aliphatic heterocycles. The van der Waals surface area contributed by atoms with Crippen molar-refractivity contribution in [3.05, 3.63) is 74.6 Å². The molecule has 3 rings (SSSR count). The number of hydrogen-bond acceptors (Lipinski definition) is 5. The van der Waals surface area contributed by atoms with Gasteiger partial charge in [0.05, 0.1) is 5.69 Å². The summed E-state index contributed by atoms with van der Waals surface area (Å²) in [6.07, 6.45) is 1.81. The van der Waals surface area contributed by atoms with E-state index in [1.54, 1.807) is 30.3 Å². The number of hydrogen-bond donors (Lipinski definition) is 3. The average molecular weight is 508 g/mol. The van der Waals surface area contributed by atoms with E-state index in [1.807, 2.05) is 47.5 Å². The molecule has 0 atom stereocenters. The van der Waals surface area contributed by atoms with Crippen molar-refractivity contribution in [1.29, 1.82) is 0 Å². The number of amides is 1. The van der Waals surface area contributed by atoms with Crippen LogP contribution in [0.25, 0.3) is 0 Å². The van der Waals surface area contributed by atoms with Gasteiger partial charge in [-0.15, -0.1) is 0 Å². The van der Waals surface area contributed by atoms with E-state index in [-0.39, 0.29) is 17.2 Å². The van der Waals surface area contributed by atoms with Gasteiger partial charge in [0.25, 0.3) is 5.91 Å². The zero-order chi connectivity index (χ0) is 21.1. The monoisotopic (exact) mass is 508 g/mol. The summed E-state index contributed by atoms with van der Waals surface area (Å²) in [5, 5.41) is 5.69. The Morgan fingerprint density at radius 1 is 1.31 bits per heavy atom. The highest BCUT2D eigenvalue weighted by Crippen LogP contribution is 2.31. The molecule has 2 aromatic rings. The third-order valence-corrected chi connectivity index (χ3v) is 5.27. The molecule has 0 spiro atoms. The average Bonchev–Trinajstić information content (AvgIpc) is 2.69. The topological polar surface area (TPSA) is 79.6 Å². The van der Waals surface area contributed by atoms with E-state index in [4.69, 9.17) is 10.5 Å². The van der Waals surface area contributed by atoms with Crippen LogP contribution in [0.15, 0.2) is 59.6 Å². The largest absolute Gasteiger partial charge is 0.456 e. The minimum Gasteiger partial charge on any atom is -0.456 e. The smallest absolute Gasteiger partial charge is 0.258 e. The SMILES string of the molecule is CNC(=O)C1=C(Nc2ccc(I)cc2F)N(C)CC=C1Oc1cccc(N)c1C. The molecule has 0 saturated carbocycles. The molecule has 0 radical (unpaired) electrons. The first-order chi connectivity index (χ1) is 13.8. The number of rotatable bonds is 5. The minimum atomic E-state index is -0.405. The van der Waals surface area contributed by atoms with Crippen molar-refractivity contribution in [2.24, 2.45) is 0 Å². The lowest BCUT2D eigenvalue weighted by Gasteiger charge is -2.30. The van der Waals surface area contributed by atoms with Gasteiger partial charge in [0.1, 0.15) is 28.7 Å². The van der Waals surface area contributed by atoms with Crippen LogP contribution < -0.4 is 21.1 Å². The predicted octanol–water partition coefficient (Wildman–Crippen LogP) is 3.60. The number of nitrogens with two attached hydrogens (primary N) is 1. The van der Waals surface area contributed by atoms with E-state index in [1.165, 1.54) is 13.1 Å². The maximum absolute atomic E-state index is 14.4. The first kappa shape index (κ1) is 21.0. The Kier molecular flexibility index (Phi) is 6.31.